The Morgan fingerprint density at radius 1 is 1.41 bits per heavy atom. The van der Waals surface area contributed by atoms with Gasteiger partial charge in [0.1, 0.15) is 11.9 Å². The van der Waals surface area contributed by atoms with Gasteiger partial charge in [0, 0.05) is 19.6 Å². The van der Waals surface area contributed by atoms with Crippen LogP contribution in [0.15, 0.2) is 24.3 Å². The number of para-hydroxylation sites is 1. The number of nitrogens with one attached hydrogen (secondary N) is 1. The van der Waals surface area contributed by atoms with Gasteiger partial charge in [-0.2, -0.15) is 0 Å². The average molecular weight is 309 g/mol. The minimum Gasteiger partial charge on any atom is -0.493 e. The highest BCUT2D eigenvalue weighted by Gasteiger charge is 2.32. The van der Waals surface area contributed by atoms with Gasteiger partial charge >= 0.3 is 0 Å². The average Bonchev–Trinajstić information content (AvgIpc) is 2.54. The van der Waals surface area contributed by atoms with Crippen LogP contribution in [-0.4, -0.2) is 56.7 Å². The third kappa shape index (κ3) is 3.97. The van der Waals surface area contributed by atoms with E-state index in [0.29, 0.717) is 37.7 Å². The number of hydrogen-bond acceptors (Lipinski definition) is 5. The summed E-state index contributed by atoms with van der Waals surface area (Å²) in [5.74, 6) is 0.135. The fourth-order valence-corrected chi connectivity index (χ4v) is 2.48. The van der Waals surface area contributed by atoms with Gasteiger partial charge in [-0.25, -0.2) is 0 Å². The fourth-order valence-electron chi connectivity index (χ4n) is 2.48. The molecule has 122 valence electrons. The first-order valence-corrected chi connectivity index (χ1v) is 7.46. The molecule has 2 N–H and O–H groups in total. The number of amides is 1. The number of aliphatic hydroxyl groups is 1. The van der Waals surface area contributed by atoms with Gasteiger partial charge in [0.05, 0.1) is 31.5 Å². The quantitative estimate of drug-likeness (QED) is 0.814. The van der Waals surface area contributed by atoms with Crippen LogP contribution in [0, 0.1) is 5.92 Å². The lowest BCUT2D eigenvalue weighted by Crippen LogP contribution is -2.49. The number of benzene rings is 1. The van der Waals surface area contributed by atoms with Gasteiger partial charge in [0.2, 0.25) is 0 Å². The number of carbonyl (C=O) groups is 1. The van der Waals surface area contributed by atoms with Crippen molar-refractivity contribution in [1.29, 1.82) is 0 Å². The Hall–Kier alpha value is -1.63. The Labute approximate surface area is 130 Å². The summed E-state index contributed by atoms with van der Waals surface area (Å²) in [6.45, 7) is 3.45. The molecule has 6 heteroatoms. The Morgan fingerprint density at radius 3 is 2.91 bits per heavy atom. The van der Waals surface area contributed by atoms with Crippen LogP contribution in [0.5, 0.6) is 5.75 Å². The summed E-state index contributed by atoms with van der Waals surface area (Å²) < 4.78 is 16.0. The third-order valence-electron chi connectivity index (χ3n) is 3.74. The van der Waals surface area contributed by atoms with E-state index in [9.17, 15) is 9.90 Å². The molecule has 0 saturated carbocycles. The van der Waals surface area contributed by atoms with Crippen LogP contribution >= 0.6 is 0 Å². The topological polar surface area (TPSA) is 77.0 Å². The van der Waals surface area contributed by atoms with E-state index in [1.165, 1.54) is 7.11 Å². The van der Waals surface area contributed by atoms with E-state index in [1.54, 1.807) is 18.2 Å². The van der Waals surface area contributed by atoms with Crippen LogP contribution < -0.4 is 10.1 Å². The predicted octanol–water partition coefficient (Wildman–Crippen LogP) is 0.837. The standard InChI is InChI=1S/C16H23NO5/c1-3-22-13-7-5-4-6-12(13)16(19)17-8-11-9-21-10-14(20-2)15(11)18/h4-7,11,14-15,18H,3,8-10H2,1-2H3,(H,17,19)/t11-,14-,15+/m1/s1. The summed E-state index contributed by atoms with van der Waals surface area (Å²) in [7, 11) is 1.54. The molecule has 2 rings (SSSR count). The monoisotopic (exact) mass is 309 g/mol. The number of aliphatic hydroxyl groups excluding tert-OH is 1. The van der Waals surface area contributed by atoms with Gasteiger partial charge in [0.15, 0.2) is 0 Å². The highest BCUT2D eigenvalue weighted by molar-refractivity contribution is 5.96. The second-order valence-corrected chi connectivity index (χ2v) is 5.20. The lowest BCUT2D eigenvalue weighted by atomic mass is 9.96. The number of hydrogen-bond donors (Lipinski definition) is 2. The minimum atomic E-state index is -0.652. The maximum atomic E-state index is 12.3. The van der Waals surface area contributed by atoms with Crippen LogP contribution in [0.3, 0.4) is 0 Å². The Morgan fingerprint density at radius 2 is 2.18 bits per heavy atom. The summed E-state index contributed by atoms with van der Waals surface area (Å²) in [6.07, 6.45) is -1.01. The molecule has 0 bridgehead atoms. The zero-order chi connectivity index (χ0) is 15.9. The largest absolute Gasteiger partial charge is 0.493 e. The molecule has 1 heterocycles. The number of methoxy groups -OCH3 is 1. The molecule has 1 aliphatic rings. The highest BCUT2D eigenvalue weighted by Crippen LogP contribution is 2.19. The molecule has 1 aromatic carbocycles. The maximum Gasteiger partial charge on any atom is 0.255 e. The van der Waals surface area contributed by atoms with Crippen molar-refractivity contribution >= 4 is 5.91 Å². The van der Waals surface area contributed by atoms with Gasteiger partial charge < -0.3 is 24.6 Å². The second kappa shape index (κ2) is 8.12. The van der Waals surface area contributed by atoms with Crippen molar-refractivity contribution < 1.29 is 24.1 Å². The first-order chi connectivity index (χ1) is 10.7. The second-order valence-electron chi connectivity index (χ2n) is 5.20. The number of ether oxygens (including phenoxy) is 3. The van der Waals surface area contributed by atoms with Crippen LogP contribution in [0.2, 0.25) is 0 Å². The summed E-state index contributed by atoms with van der Waals surface area (Å²) >= 11 is 0. The zero-order valence-electron chi connectivity index (χ0n) is 13.0. The summed E-state index contributed by atoms with van der Waals surface area (Å²) in [5, 5.41) is 13.0. The first kappa shape index (κ1) is 16.7. The summed E-state index contributed by atoms with van der Waals surface area (Å²) in [5.41, 5.74) is 0.485. The molecule has 6 nitrogen and oxygen atoms in total. The highest BCUT2D eigenvalue weighted by atomic mass is 16.5. The summed E-state index contributed by atoms with van der Waals surface area (Å²) in [6, 6.07) is 7.09. The molecule has 1 saturated heterocycles. The molecule has 0 spiro atoms. The Bertz CT molecular complexity index is 493. The van der Waals surface area contributed by atoms with Crippen molar-refractivity contribution in [2.45, 2.75) is 19.1 Å². The van der Waals surface area contributed by atoms with E-state index >= 15 is 0 Å². The molecule has 1 fully saturated rings. The molecule has 22 heavy (non-hydrogen) atoms. The molecule has 1 amide bonds. The van der Waals surface area contributed by atoms with Crippen molar-refractivity contribution in [2.75, 3.05) is 33.5 Å². The van der Waals surface area contributed by atoms with Gasteiger partial charge in [-0.1, -0.05) is 12.1 Å². The molecule has 0 aliphatic carbocycles. The normalized spacial score (nSPS) is 24.8. The lowest BCUT2D eigenvalue weighted by Gasteiger charge is -2.33. The zero-order valence-corrected chi connectivity index (χ0v) is 13.0. The van der Waals surface area contributed by atoms with E-state index in [1.807, 2.05) is 13.0 Å². The molecule has 3 atom stereocenters. The molecule has 0 unspecified atom stereocenters. The van der Waals surface area contributed by atoms with Crippen molar-refractivity contribution in [3.05, 3.63) is 29.8 Å². The van der Waals surface area contributed by atoms with Crippen molar-refractivity contribution in [1.82, 2.24) is 5.32 Å². The minimum absolute atomic E-state index is 0.193. The van der Waals surface area contributed by atoms with Crippen LogP contribution in [-0.2, 0) is 9.47 Å². The van der Waals surface area contributed by atoms with Gasteiger partial charge in [-0.3, -0.25) is 4.79 Å². The first-order valence-electron chi connectivity index (χ1n) is 7.46. The van der Waals surface area contributed by atoms with Crippen LogP contribution in [0.1, 0.15) is 17.3 Å². The SMILES string of the molecule is CCOc1ccccc1C(=O)NC[C@@H]1COC[C@@H](OC)[C@H]1O. The lowest BCUT2D eigenvalue weighted by molar-refractivity contribution is -0.132. The van der Waals surface area contributed by atoms with Crippen LogP contribution in [0.4, 0.5) is 0 Å². The molecule has 0 radical (unpaired) electrons. The predicted molar refractivity (Wildman–Crippen MR) is 81.1 cm³/mol. The van der Waals surface area contributed by atoms with Crippen molar-refractivity contribution in [3.63, 3.8) is 0 Å². The molecule has 1 aromatic rings. The van der Waals surface area contributed by atoms with E-state index in [0.717, 1.165) is 0 Å². The number of carbonyl (C=O) groups excluding carboxylic acids is 1. The molecular formula is C16H23NO5. The maximum absolute atomic E-state index is 12.3. The number of rotatable bonds is 6. The molecular weight excluding hydrogens is 286 g/mol. The smallest absolute Gasteiger partial charge is 0.255 e. The van der Waals surface area contributed by atoms with Gasteiger partial charge in [-0.15, -0.1) is 0 Å². The Kier molecular flexibility index (Phi) is 6.18. The van der Waals surface area contributed by atoms with Crippen molar-refractivity contribution in [3.8, 4) is 5.75 Å². The fraction of sp³-hybridized carbons (Fsp3) is 0.562. The summed E-state index contributed by atoms with van der Waals surface area (Å²) in [4.78, 5) is 12.3. The molecule has 1 aliphatic heterocycles. The van der Waals surface area contributed by atoms with Gasteiger partial charge in [0.25, 0.3) is 5.91 Å². The van der Waals surface area contributed by atoms with E-state index in [4.69, 9.17) is 14.2 Å². The van der Waals surface area contributed by atoms with Crippen LogP contribution in [0.25, 0.3) is 0 Å². The van der Waals surface area contributed by atoms with Crippen molar-refractivity contribution in [2.24, 2.45) is 5.92 Å². The van der Waals surface area contributed by atoms with E-state index < -0.39 is 6.10 Å². The Balaban J connectivity index is 1.95. The van der Waals surface area contributed by atoms with Gasteiger partial charge in [-0.05, 0) is 19.1 Å². The molecule has 0 aromatic heterocycles. The third-order valence-corrected chi connectivity index (χ3v) is 3.74. The van der Waals surface area contributed by atoms with E-state index in [2.05, 4.69) is 5.32 Å². The van der Waals surface area contributed by atoms with E-state index in [-0.39, 0.29) is 17.9 Å².